The molecular formula is C9H17N. The van der Waals surface area contributed by atoms with Crippen molar-refractivity contribution >= 4 is 0 Å². The van der Waals surface area contributed by atoms with Gasteiger partial charge in [-0.1, -0.05) is 0 Å². The molecule has 0 aliphatic heterocycles. The minimum Gasteiger partial charge on any atom is -0.330 e. The second-order valence-electron chi connectivity index (χ2n) is 4.03. The molecule has 1 spiro atoms. The number of nitrogens with two attached hydrogens (primary N) is 1. The van der Waals surface area contributed by atoms with E-state index in [4.69, 9.17) is 5.73 Å². The van der Waals surface area contributed by atoms with E-state index < -0.39 is 0 Å². The van der Waals surface area contributed by atoms with Crippen molar-refractivity contribution in [2.75, 3.05) is 6.54 Å². The maximum atomic E-state index is 5.46. The van der Waals surface area contributed by atoms with Crippen molar-refractivity contribution < 1.29 is 0 Å². The summed E-state index contributed by atoms with van der Waals surface area (Å²) in [7, 11) is 0. The molecule has 2 aliphatic carbocycles. The van der Waals surface area contributed by atoms with E-state index in [9.17, 15) is 0 Å². The van der Waals surface area contributed by atoms with Gasteiger partial charge in [-0.3, -0.25) is 0 Å². The summed E-state index contributed by atoms with van der Waals surface area (Å²) in [5.74, 6) is 1.08. The fourth-order valence-electron chi connectivity index (χ4n) is 2.39. The zero-order valence-electron chi connectivity index (χ0n) is 6.60. The van der Waals surface area contributed by atoms with Crippen molar-refractivity contribution in [3.05, 3.63) is 0 Å². The van der Waals surface area contributed by atoms with Gasteiger partial charge in [-0.2, -0.15) is 0 Å². The van der Waals surface area contributed by atoms with Crippen LogP contribution in [-0.2, 0) is 0 Å². The highest BCUT2D eigenvalue weighted by atomic mass is 14.6. The van der Waals surface area contributed by atoms with Gasteiger partial charge in [0.05, 0.1) is 0 Å². The SMILES string of the molecule is NCCCC1CCC12CC2. The summed E-state index contributed by atoms with van der Waals surface area (Å²) < 4.78 is 0. The van der Waals surface area contributed by atoms with Crippen LogP contribution in [0.15, 0.2) is 0 Å². The quantitative estimate of drug-likeness (QED) is 0.635. The Morgan fingerprint density at radius 1 is 1.30 bits per heavy atom. The number of rotatable bonds is 3. The fourth-order valence-corrected chi connectivity index (χ4v) is 2.39. The molecule has 2 fully saturated rings. The van der Waals surface area contributed by atoms with Crippen LogP contribution in [0.3, 0.4) is 0 Å². The Balaban J connectivity index is 1.73. The van der Waals surface area contributed by atoms with E-state index >= 15 is 0 Å². The molecule has 2 saturated carbocycles. The van der Waals surface area contributed by atoms with Crippen LogP contribution in [0.5, 0.6) is 0 Å². The predicted octanol–water partition coefficient (Wildman–Crippen LogP) is 1.92. The monoisotopic (exact) mass is 139 g/mol. The molecule has 1 heteroatoms. The third-order valence-electron chi connectivity index (χ3n) is 3.51. The summed E-state index contributed by atoms with van der Waals surface area (Å²) in [5, 5.41) is 0. The molecule has 0 bridgehead atoms. The van der Waals surface area contributed by atoms with Crippen LogP contribution in [-0.4, -0.2) is 6.54 Å². The second-order valence-corrected chi connectivity index (χ2v) is 4.03. The minimum absolute atomic E-state index is 0.884. The molecule has 10 heavy (non-hydrogen) atoms. The Morgan fingerprint density at radius 2 is 2.10 bits per heavy atom. The molecule has 0 aromatic rings. The van der Waals surface area contributed by atoms with Gasteiger partial charge in [-0.25, -0.2) is 0 Å². The van der Waals surface area contributed by atoms with Crippen LogP contribution in [0.25, 0.3) is 0 Å². The molecule has 0 radical (unpaired) electrons. The van der Waals surface area contributed by atoms with Crippen LogP contribution in [0.2, 0.25) is 0 Å². The Hall–Kier alpha value is -0.0400. The zero-order valence-corrected chi connectivity index (χ0v) is 6.60. The maximum Gasteiger partial charge on any atom is -0.00772 e. The van der Waals surface area contributed by atoms with E-state index in [-0.39, 0.29) is 0 Å². The van der Waals surface area contributed by atoms with Crippen LogP contribution < -0.4 is 5.73 Å². The van der Waals surface area contributed by atoms with Gasteiger partial charge in [-0.15, -0.1) is 0 Å². The Labute approximate surface area is 63.0 Å². The Kier molecular flexibility index (Phi) is 1.48. The molecule has 0 heterocycles. The molecular weight excluding hydrogens is 122 g/mol. The van der Waals surface area contributed by atoms with Crippen molar-refractivity contribution in [1.29, 1.82) is 0 Å². The molecule has 1 unspecified atom stereocenters. The first-order valence-corrected chi connectivity index (χ1v) is 4.57. The smallest absolute Gasteiger partial charge is 0.00772 e. The highest BCUT2D eigenvalue weighted by Crippen LogP contribution is 2.65. The van der Waals surface area contributed by atoms with Crippen molar-refractivity contribution in [2.45, 2.75) is 38.5 Å². The van der Waals surface area contributed by atoms with Crippen LogP contribution in [0.4, 0.5) is 0 Å². The lowest BCUT2D eigenvalue weighted by molar-refractivity contribution is 0.135. The first kappa shape index (κ1) is 6.66. The molecule has 58 valence electrons. The second kappa shape index (κ2) is 2.23. The third kappa shape index (κ3) is 0.878. The topological polar surface area (TPSA) is 26.0 Å². The summed E-state index contributed by atoms with van der Waals surface area (Å²) >= 11 is 0. The van der Waals surface area contributed by atoms with Gasteiger partial charge in [0.25, 0.3) is 0 Å². The standard InChI is InChI=1S/C9H17N/c10-7-1-2-8-3-4-9(8)5-6-9/h8H,1-7,10H2. The molecule has 1 nitrogen and oxygen atoms in total. The molecule has 2 rings (SSSR count). The van der Waals surface area contributed by atoms with Crippen molar-refractivity contribution in [2.24, 2.45) is 17.1 Å². The summed E-state index contributed by atoms with van der Waals surface area (Å²) in [6.07, 6.45) is 8.76. The molecule has 2 aliphatic rings. The first-order chi connectivity index (χ1) is 4.87. The third-order valence-corrected chi connectivity index (χ3v) is 3.51. The van der Waals surface area contributed by atoms with Crippen molar-refractivity contribution in [3.8, 4) is 0 Å². The largest absolute Gasteiger partial charge is 0.330 e. The van der Waals surface area contributed by atoms with Crippen LogP contribution in [0, 0.1) is 11.3 Å². The van der Waals surface area contributed by atoms with Gasteiger partial charge in [0.1, 0.15) is 0 Å². The molecule has 0 saturated heterocycles. The minimum atomic E-state index is 0.884. The van der Waals surface area contributed by atoms with Crippen molar-refractivity contribution in [1.82, 2.24) is 0 Å². The van der Waals surface area contributed by atoms with Gasteiger partial charge in [-0.05, 0) is 56.4 Å². The normalized spacial score (nSPS) is 33.9. The fraction of sp³-hybridized carbons (Fsp3) is 1.00. The molecule has 0 amide bonds. The zero-order chi connectivity index (χ0) is 7.03. The predicted molar refractivity (Wildman–Crippen MR) is 42.7 cm³/mol. The maximum absolute atomic E-state index is 5.46. The highest BCUT2D eigenvalue weighted by Gasteiger charge is 2.54. The summed E-state index contributed by atoms with van der Waals surface area (Å²) in [6.45, 7) is 0.895. The van der Waals surface area contributed by atoms with E-state index in [1.54, 1.807) is 0 Å². The molecule has 0 aromatic heterocycles. The van der Waals surface area contributed by atoms with E-state index in [0.29, 0.717) is 0 Å². The van der Waals surface area contributed by atoms with Crippen molar-refractivity contribution in [3.63, 3.8) is 0 Å². The van der Waals surface area contributed by atoms with E-state index in [2.05, 4.69) is 0 Å². The van der Waals surface area contributed by atoms with Gasteiger partial charge in [0, 0.05) is 0 Å². The summed E-state index contributed by atoms with van der Waals surface area (Å²) in [4.78, 5) is 0. The van der Waals surface area contributed by atoms with E-state index in [1.165, 1.54) is 38.5 Å². The Bertz CT molecular complexity index is 127. The number of hydrogen-bond acceptors (Lipinski definition) is 1. The molecule has 1 atom stereocenters. The average molecular weight is 139 g/mol. The summed E-state index contributed by atoms with van der Waals surface area (Å²) in [6, 6.07) is 0. The van der Waals surface area contributed by atoms with E-state index in [0.717, 1.165) is 17.9 Å². The van der Waals surface area contributed by atoms with Gasteiger partial charge < -0.3 is 5.73 Å². The van der Waals surface area contributed by atoms with Crippen LogP contribution >= 0.6 is 0 Å². The number of hydrogen-bond donors (Lipinski definition) is 1. The first-order valence-electron chi connectivity index (χ1n) is 4.57. The average Bonchev–Trinajstić information content (AvgIpc) is 2.66. The summed E-state index contributed by atoms with van der Waals surface area (Å²) in [5.41, 5.74) is 6.35. The molecule has 2 N–H and O–H groups in total. The van der Waals surface area contributed by atoms with Crippen LogP contribution in [0.1, 0.15) is 38.5 Å². The lowest BCUT2D eigenvalue weighted by Gasteiger charge is -2.37. The van der Waals surface area contributed by atoms with Gasteiger partial charge in [0.2, 0.25) is 0 Å². The van der Waals surface area contributed by atoms with Gasteiger partial charge >= 0.3 is 0 Å². The highest BCUT2D eigenvalue weighted by molar-refractivity contribution is 5.05. The lowest BCUT2D eigenvalue weighted by Crippen LogP contribution is -2.27. The Morgan fingerprint density at radius 3 is 2.50 bits per heavy atom. The van der Waals surface area contributed by atoms with E-state index in [1.807, 2.05) is 0 Å². The lowest BCUT2D eigenvalue weighted by atomic mass is 9.68. The molecule has 0 aromatic carbocycles. The van der Waals surface area contributed by atoms with Gasteiger partial charge in [0.15, 0.2) is 0 Å².